The molecule has 3 rings (SSSR count). The van der Waals surface area contributed by atoms with Crippen LogP contribution in [-0.4, -0.2) is 16.5 Å². The number of fused-ring (bicyclic) bond motifs is 3. The molecule has 0 radical (unpaired) electrons. The molecule has 2 heterocycles. The van der Waals surface area contributed by atoms with Gasteiger partial charge in [-0.05, 0) is 37.7 Å². The molecule has 0 aromatic carbocycles. The molecule has 17 heavy (non-hydrogen) atoms. The van der Waals surface area contributed by atoms with E-state index in [2.05, 4.69) is 22.2 Å². The summed E-state index contributed by atoms with van der Waals surface area (Å²) in [5, 5.41) is 4.72. The molecule has 1 aliphatic rings. The third kappa shape index (κ3) is 1.90. The zero-order valence-corrected chi connectivity index (χ0v) is 10.9. The van der Waals surface area contributed by atoms with Crippen LogP contribution in [0.1, 0.15) is 36.6 Å². The highest BCUT2D eigenvalue weighted by Crippen LogP contribution is 2.37. The van der Waals surface area contributed by atoms with Gasteiger partial charge in [0.05, 0.1) is 5.39 Å². The van der Waals surface area contributed by atoms with Crippen molar-refractivity contribution in [2.24, 2.45) is 0 Å². The first-order chi connectivity index (χ1) is 8.40. The van der Waals surface area contributed by atoms with Crippen LogP contribution in [0.2, 0.25) is 0 Å². The Labute approximate surface area is 105 Å². The molecule has 3 nitrogen and oxygen atoms in total. The van der Waals surface area contributed by atoms with Gasteiger partial charge in [0, 0.05) is 11.4 Å². The largest absolute Gasteiger partial charge is 0.369 e. The van der Waals surface area contributed by atoms with Gasteiger partial charge in [-0.3, -0.25) is 0 Å². The normalized spacial score (nSPS) is 14.9. The van der Waals surface area contributed by atoms with Crippen LogP contribution in [0.15, 0.2) is 6.33 Å². The van der Waals surface area contributed by atoms with E-state index in [4.69, 9.17) is 0 Å². The fourth-order valence-corrected chi connectivity index (χ4v) is 3.70. The second-order valence-electron chi connectivity index (χ2n) is 4.54. The first kappa shape index (κ1) is 11.0. The van der Waals surface area contributed by atoms with Crippen molar-refractivity contribution in [1.29, 1.82) is 0 Å². The van der Waals surface area contributed by atoms with Gasteiger partial charge in [0.1, 0.15) is 17.0 Å². The first-order valence-electron chi connectivity index (χ1n) is 6.39. The lowest BCUT2D eigenvalue weighted by atomic mass is 9.97. The maximum Gasteiger partial charge on any atom is 0.138 e. The van der Waals surface area contributed by atoms with Crippen molar-refractivity contribution in [3.8, 4) is 0 Å². The monoisotopic (exact) mass is 247 g/mol. The molecule has 0 saturated carbocycles. The molecule has 2 aromatic rings. The lowest BCUT2D eigenvalue weighted by molar-refractivity contribution is 0.700. The van der Waals surface area contributed by atoms with Crippen molar-refractivity contribution in [3.63, 3.8) is 0 Å². The predicted molar refractivity (Wildman–Crippen MR) is 72.8 cm³/mol. The van der Waals surface area contributed by atoms with Gasteiger partial charge in [0.25, 0.3) is 0 Å². The number of aromatic nitrogens is 2. The highest BCUT2D eigenvalue weighted by atomic mass is 32.1. The fourth-order valence-electron chi connectivity index (χ4n) is 2.47. The van der Waals surface area contributed by atoms with Crippen molar-refractivity contribution in [2.45, 2.75) is 39.0 Å². The maximum absolute atomic E-state index is 4.42. The van der Waals surface area contributed by atoms with E-state index in [9.17, 15) is 0 Å². The molecule has 0 unspecified atom stereocenters. The minimum absolute atomic E-state index is 0.983. The third-order valence-electron chi connectivity index (χ3n) is 3.29. The lowest BCUT2D eigenvalue weighted by Crippen LogP contribution is -2.04. The molecule has 4 heteroatoms. The molecule has 0 amide bonds. The van der Waals surface area contributed by atoms with Crippen LogP contribution in [0, 0.1) is 0 Å². The molecule has 0 aliphatic heterocycles. The summed E-state index contributed by atoms with van der Waals surface area (Å²) in [4.78, 5) is 11.5. The number of thiophene rings is 1. The highest BCUT2D eigenvalue weighted by molar-refractivity contribution is 7.19. The van der Waals surface area contributed by atoms with Crippen LogP contribution < -0.4 is 5.32 Å². The maximum atomic E-state index is 4.42. The Morgan fingerprint density at radius 3 is 3.06 bits per heavy atom. The number of hydrogen-bond donors (Lipinski definition) is 1. The average molecular weight is 247 g/mol. The smallest absolute Gasteiger partial charge is 0.138 e. The number of hydrogen-bond acceptors (Lipinski definition) is 4. The van der Waals surface area contributed by atoms with E-state index in [1.54, 1.807) is 6.33 Å². The van der Waals surface area contributed by atoms with E-state index in [0.717, 1.165) is 23.6 Å². The van der Waals surface area contributed by atoms with Gasteiger partial charge in [-0.1, -0.05) is 6.92 Å². The number of nitrogens with zero attached hydrogens (tertiary/aromatic N) is 2. The summed E-state index contributed by atoms with van der Waals surface area (Å²) >= 11 is 1.86. The lowest BCUT2D eigenvalue weighted by Gasteiger charge is -2.12. The van der Waals surface area contributed by atoms with Crippen LogP contribution in [0.4, 0.5) is 5.82 Å². The minimum atomic E-state index is 0.983. The summed E-state index contributed by atoms with van der Waals surface area (Å²) in [6.45, 7) is 3.16. The number of rotatable bonds is 3. The summed E-state index contributed by atoms with van der Waals surface area (Å²) < 4.78 is 0. The Balaban J connectivity index is 2.12. The summed E-state index contributed by atoms with van der Waals surface area (Å²) in [6, 6.07) is 0. The van der Waals surface area contributed by atoms with E-state index in [1.807, 2.05) is 11.3 Å². The number of aryl methyl sites for hydroxylation is 2. The Morgan fingerprint density at radius 2 is 2.18 bits per heavy atom. The van der Waals surface area contributed by atoms with Gasteiger partial charge in [0.2, 0.25) is 0 Å². The summed E-state index contributed by atoms with van der Waals surface area (Å²) in [6.07, 6.45) is 7.86. The quantitative estimate of drug-likeness (QED) is 0.903. The van der Waals surface area contributed by atoms with E-state index < -0.39 is 0 Å². The SMILES string of the molecule is CCCNc1ncnc2sc3c(c12)CCCC3. The van der Waals surface area contributed by atoms with Crippen LogP contribution in [0.25, 0.3) is 10.2 Å². The van der Waals surface area contributed by atoms with Gasteiger partial charge in [-0.2, -0.15) is 0 Å². The average Bonchev–Trinajstić information content (AvgIpc) is 2.75. The molecule has 0 spiro atoms. The van der Waals surface area contributed by atoms with Crippen molar-refractivity contribution >= 4 is 27.4 Å². The second-order valence-corrected chi connectivity index (χ2v) is 5.62. The number of anilines is 1. The van der Waals surface area contributed by atoms with E-state index in [-0.39, 0.29) is 0 Å². The zero-order chi connectivity index (χ0) is 11.7. The first-order valence-corrected chi connectivity index (χ1v) is 7.21. The summed E-state index contributed by atoms with van der Waals surface area (Å²) in [7, 11) is 0. The predicted octanol–water partition coefficient (Wildman–Crippen LogP) is 3.39. The Morgan fingerprint density at radius 1 is 1.29 bits per heavy atom. The molecule has 1 aliphatic carbocycles. The van der Waals surface area contributed by atoms with E-state index >= 15 is 0 Å². The van der Waals surface area contributed by atoms with Crippen LogP contribution in [0.5, 0.6) is 0 Å². The van der Waals surface area contributed by atoms with Crippen molar-refractivity contribution < 1.29 is 0 Å². The van der Waals surface area contributed by atoms with Gasteiger partial charge in [-0.25, -0.2) is 9.97 Å². The van der Waals surface area contributed by atoms with Crippen LogP contribution in [0.3, 0.4) is 0 Å². The topological polar surface area (TPSA) is 37.8 Å². The summed E-state index contributed by atoms with van der Waals surface area (Å²) in [5.41, 5.74) is 1.51. The molecular weight excluding hydrogens is 230 g/mol. The second kappa shape index (κ2) is 4.61. The number of nitrogens with one attached hydrogen (secondary N) is 1. The standard InChI is InChI=1S/C13H17N3S/c1-2-7-14-12-11-9-5-3-4-6-10(9)17-13(11)16-8-15-12/h8H,2-7H2,1H3,(H,14,15,16). The molecular formula is C13H17N3S. The van der Waals surface area contributed by atoms with Gasteiger partial charge < -0.3 is 5.32 Å². The molecule has 0 atom stereocenters. The zero-order valence-electron chi connectivity index (χ0n) is 10.1. The van der Waals surface area contributed by atoms with E-state index in [0.29, 0.717) is 0 Å². The fraction of sp³-hybridized carbons (Fsp3) is 0.538. The Kier molecular flexibility index (Phi) is 2.97. The Bertz CT molecular complexity index is 533. The van der Waals surface area contributed by atoms with E-state index in [1.165, 1.54) is 41.5 Å². The van der Waals surface area contributed by atoms with Crippen LogP contribution >= 0.6 is 11.3 Å². The molecule has 1 N–H and O–H groups in total. The Hall–Kier alpha value is -1.16. The minimum Gasteiger partial charge on any atom is -0.369 e. The summed E-state index contributed by atoms with van der Waals surface area (Å²) in [5.74, 6) is 1.04. The van der Waals surface area contributed by atoms with Crippen molar-refractivity contribution in [1.82, 2.24) is 9.97 Å². The van der Waals surface area contributed by atoms with Gasteiger partial charge >= 0.3 is 0 Å². The molecule has 2 aromatic heterocycles. The molecule has 0 saturated heterocycles. The van der Waals surface area contributed by atoms with Crippen LogP contribution in [-0.2, 0) is 12.8 Å². The molecule has 90 valence electrons. The highest BCUT2D eigenvalue weighted by Gasteiger charge is 2.19. The third-order valence-corrected chi connectivity index (χ3v) is 4.49. The van der Waals surface area contributed by atoms with Gasteiger partial charge in [-0.15, -0.1) is 11.3 Å². The molecule has 0 fully saturated rings. The van der Waals surface area contributed by atoms with Crippen molar-refractivity contribution in [2.75, 3.05) is 11.9 Å². The molecule has 0 bridgehead atoms. The van der Waals surface area contributed by atoms with Gasteiger partial charge in [0.15, 0.2) is 0 Å². The van der Waals surface area contributed by atoms with Crippen molar-refractivity contribution in [3.05, 3.63) is 16.8 Å².